The molecule has 0 bridgehead atoms. The van der Waals surface area contributed by atoms with Gasteiger partial charge in [0.05, 0.1) is 9.92 Å². The summed E-state index contributed by atoms with van der Waals surface area (Å²) in [5, 5.41) is -1.27. The maximum Gasteiger partial charge on any atom is 0.244 e. The zero-order chi connectivity index (χ0) is 22.1. The van der Waals surface area contributed by atoms with E-state index in [4.69, 9.17) is 11.6 Å². The highest BCUT2D eigenvalue weighted by Crippen LogP contribution is 2.25. The lowest BCUT2D eigenvalue weighted by Crippen LogP contribution is -2.53. The van der Waals surface area contributed by atoms with E-state index in [-0.39, 0.29) is 41.0 Å². The van der Waals surface area contributed by atoms with E-state index in [0.29, 0.717) is 0 Å². The molecule has 0 aromatic heterocycles. The summed E-state index contributed by atoms with van der Waals surface area (Å²) in [5.41, 5.74) is 0. The largest absolute Gasteiger partial charge is 0.339 e. The average molecular weight is 475 g/mol. The molecule has 1 saturated heterocycles. The van der Waals surface area contributed by atoms with Gasteiger partial charge in [-0.2, -0.15) is 4.31 Å². The Morgan fingerprint density at radius 1 is 0.967 bits per heavy atom. The van der Waals surface area contributed by atoms with Gasteiger partial charge in [0.25, 0.3) is 0 Å². The van der Waals surface area contributed by atoms with Gasteiger partial charge in [0.2, 0.25) is 15.9 Å². The summed E-state index contributed by atoms with van der Waals surface area (Å²) in [6.07, 6.45) is 0. The molecule has 0 saturated carbocycles. The predicted octanol–water partition coefficient (Wildman–Crippen LogP) is 2.17. The van der Waals surface area contributed by atoms with Crippen LogP contribution in [0.2, 0.25) is 5.02 Å². The molecule has 1 atom stereocenters. The lowest BCUT2D eigenvalue weighted by Gasteiger charge is -2.35. The van der Waals surface area contributed by atoms with Crippen molar-refractivity contribution in [3.8, 4) is 0 Å². The van der Waals surface area contributed by atoms with Crippen LogP contribution < -0.4 is 0 Å². The third-order valence-corrected chi connectivity index (χ3v) is 9.42. The van der Waals surface area contributed by atoms with E-state index < -0.39 is 36.8 Å². The molecule has 1 aliphatic heterocycles. The van der Waals surface area contributed by atoms with Gasteiger partial charge in [-0.05, 0) is 43.3 Å². The number of rotatable bonds is 5. The molecule has 11 heteroatoms. The monoisotopic (exact) mass is 474 g/mol. The van der Waals surface area contributed by atoms with Gasteiger partial charge in [-0.15, -0.1) is 0 Å². The molecule has 0 N–H and O–H groups in total. The van der Waals surface area contributed by atoms with Gasteiger partial charge >= 0.3 is 0 Å². The number of hydrogen-bond donors (Lipinski definition) is 0. The molecule has 1 amide bonds. The molecule has 30 heavy (non-hydrogen) atoms. The van der Waals surface area contributed by atoms with Gasteiger partial charge in [0.1, 0.15) is 16.0 Å². The summed E-state index contributed by atoms with van der Waals surface area (Å²) < 4.78 is 65.3. The average Bonchev–Trinajstić information content (AvgIpc) is 2.73. The fourth-order valence-corrected chi connectivity index (χ4v) is 6.41. The Labute approximate surface area is 180 Å². The van der Waals surface area contributed by atoms with Gasteiger partial charge in [-0.1, -0.05) is 23.7 Å². The molecule has 0 radical (unpaired) electrons. The van der Waals surface area contributed by atoms with Crippen molar-refractivity contribution < 1.29 is 26.0 Å². The molecule has 0 spiro atoms. The number of sulfone groups is 1. The predicted molar refractivity (Wildman–Crippen MR) is 110 cm³/mol. The van der Waals surface area contributed by atoms with Crippen LogP contribution in [-0.2, 0) is 24.7 Å². The Morgan fingerprint density at radius 3 is 2.10 bits per heavy atom. The fraction of sp³-hybridized carbons (Fsp3) is 0.316. The van der Waals surface area contributed by atoms with Gasteiger partial charge in [-0.3, -0.25) is 4.79 Å². The number of halogens is 2. The fourth-order valence-electron chi connectivity index (χ4n) is 3.16. The molecule has 7 nitrogen and oxygen atoms in total. The second-order valence-electron chi connectivity index (χ2n) is 6.80. The number of hydrogen-bond acceptors (Lipinski definition) is 5. The molecule has 1 unspecified atom stereocenters. The quantitative estimate of drug-likeness (QED) is 0.619. The van der Waals surface area contributed by atoms with Gasteiger partial charge in [0, 0.05) is 26.2 Å². The number of benzene rings is 2. The smallest absolute Gasteiger partial charge is 0.244 e. The van der Waals surface area contributed by atoms with Crippen LogP contribution >= 0.6 is 11.6 Å². The molecule has 2 aromatic carbocycles. The molecule has 1 fully saturated rings. The Hall–Kier alpha value is -2.01. The second-order valence-corrected chi connectivity index (χ2v) is 11.4. The van der Waals surface area contributed by atoms with E-state index in [1.807, 2.05) is 0 Å². The van der Waals surface area contributed by atoms with E-state index in [1.165, 1.54) is 28.3 Å². The molecule has 0 aliphatic carbocycles. The first kappa shape index (κ1) is 22.7. The van der Waals surface area contributed by atoms with E-state index in [9.17, 15) is 26.0 Å². The SMILES string of the molecule is CC(C(=O)N1CCN(S(=O)(=O)c2ccccc2Cl)CC1)S(=O)(=O)c1ccc(F)cc1. The van der Waals surface area contributed by atoms with E-state index in [1.54, 1.807) is 12.1 Å². The van der Waals surface area contributed by atoms with Crippen LogP contribution in [0.25, 0.3) is 0 Å². The minimum Gasteiger partial charge on any atom is -0.339 e. The first-order valence-corrected chi connectivity index (χ1v) is 12.4. The van der Waals surface area contributed by atoms with E-state index in [2.05, 4.69) is 0 Å². The Kier molecular flexibility index (Phi) is 6.51. The van der Waals surface area contributed by atoms with Crippen LogP contribution in [0.1, 0.15) is 6.92 Å². The molecular formula is C19H20ClFN2O5S2. The number of nitrogens with zero attached hydrogens (tertiary/aromatic N) is 2. The molecule has 2 aromatic rings. The van der Waals surface area contributed by atoms with Crippen molar-refractivity contribution in [3.05, 3.63) is 59.4 Å². The van der Waals surface area contributed by atoms with Crippen LogP contribution in [-0.4, -0.2) is 63.4 Å². The molecule has 3 rings (SSSR count). The van der Waals surface area contributed by atoms with Crippen molar-refractivity contribution in [3.63, 3.8) is 0 Å². The summed E-state index contributed by atoms with van der Waals surface area (Å²) in [5.74, 6) is -1.21. The molecule has 1 heterocycles. The van der Waals surface area contributed by atoms with Crippen LogP contribution in [0.15, 0.2) is 58.3 Å². The second kappa shape index (κ2) is 8.62. The Bertz CT molecular complexity index is 1150. The van der Waals surface area contributed by atoms with Crippen LogP contribution in [0.4, 0.5) is 4.39 Å². The Morgan fingerprint density at radius 2 is 1.53 bits per heavy atom. The van der Waals surface area contributed by atoms with Crippen LogP contribution in [0.3, 0.4) is 0 Å². The zero-order valence-electron chi connectivity index (χ0n) is 16.0. The maximum atomic E-state index is 13.1. The number of carbonyl (C=O) groups excluding carboxylic acids is 1. The highest BCUT2D eigenvalue weighted by molar-refractivity contribution is 7.92. The van der Waals surface area contributed by atoms with Crippen LogP contribution in [0, 0.1) is 5.82 Å². The van der Waals surface area contributed by atoms with Crippen molar-refractivity contribution in [1.82, 2.24) is 9.21 Å². The third-order valence-electron chi connectivity index (χ3n) is 4.96. The topological polar surface area (TPSA) is 91.8 Å². The maximum absolute atomic E-state index is 13.1. The standard InChI is InChI=1S/C19H20ClFN2O5S2/c1-14(29(25,26)16-8-6-15(21)7-9-16)19(24)22-10-12-23(13-11-22)30(27,28)18-5-3-2-4-17(18)20/h2-9,14H,10-13H2,1H3. The van der Waals surface area contributed by atoms with Crippen molar-refractivity contribution in [1.29, 1.82) is 0 Å². The lowest BCUT2D eigenvalue weighted by atomic mass is 10.3. The third kappa shape index (κ3) is 4.36. The first-order valence-electron chi connectivity index (χ1n) is 9.08. The molecular weight excluding hydrogens is 455 g/mol. The highest BCUT2D eigenvalue weighted by Gasteiger charge is 2.36. The molecule has 162 valence electrons. The number of piperazine rings is 1. The summed E-state index contributed by atoms with van der Waals surface area (Å²) >= 11 is 6.01. The summed E-state index contributed by atoms with van der Waals surface area (Å²) in [7, 11) is -7.83. The van der Waals surface area contributed by atoms with E-state index in [0.717, 1.165) is 24.3 Å². The van der Waals surface area contributed by atoms with E-state index >= 15 is 0 Å². The minimum absolute atomic E-state index is 0.0151. The van der Waals surface area contributed by atoms with Crippen molar-refractivity contribution in [2.24, 2.45) is 0 Å². The minimum atomic E-state index is -4.00. The van der Waals surface area contributed by atoms with Gasteiger partial charge in [-0.25, -0.2) is 21.2 Å². The summed E-state index contributed by atoms with van der Waals surface area (Å²) in [4.78, 5) is 13.9. The summed E-state index contributed by atoms with van der Waals surface area (Å²) in [6.45, 7) is 1.40. The van der Waals surface area contributed by atoms with Crippen molar-refractivity contribution >= 4 is 37.4 Å². The van der Waals surface area contributed by atoms with Crippen molar-refractivity contribution in [2.45, 2.75) is 22.0 Å². The van der Waals surface area contributed by atoms with Crippen molar-refractivity contribution in [2.75, 3.05) is 26.2 Å². The number of sulfonamides is 1. The van der Waals surface area contributed by atoms with Gasteiger partial charge in [0.15, 0.2) is 9.84 Å². The highest BCUT2D eigenvalue weighted by atomic mass is 35.5. The Balaban J connectivity index is 1.71. The summed E-state index contributed by atoms with van der Waals surface area (Å²) in [6, 6.07) is 10.3. The first-order chi connectivity index (χ1) is 14.0. The normalized spacial score (nSPS) is 17.0. The number of carbonyl (C=O) groups is 1. The number of amides is 1. The van der Waals surface area contributed by atoms with Gasteiger partial charge < -0.3 is 4.90 Å². The van der Waals surface area contributed by atoms with Crippen LogP contribution in [0.5, 0.6) is 0 Å². The lowest BCUT2D eigenvalue weighted by molar-refractivity contribution is -0.131. The zero-order valence-corrected chi connectivity index (χ0v) is 18.4. The molecule has 1 aliphatic rings.